The molecular formula is C19H20BrN3O3. The van der Waals surface area contributed by atoms with Gasteiger partial charge < -0.3 is 10.1 Å². The molecule has 0 atom stereocenters. The molecule has 0 radical (unpaired) electrons. The molecule has 0 spiro atoms. The van der Waals surface area contributed by atoms with E-state index in [0.717, 1.165) is 15.8 Å². The molecule has 0 aliphatic rings. The number of hydrazone groups is 1. The highest BCUT2D eigenvalue weighted by atomic mass is 79.9. The summed E-state index contributed by atoms with van der Waals surface area (Å²) in [7, 11) is 0. The zero-order valence-electron chi connectivity index (χ0n) is 14.4. The minimum atomic E-state index is -0.321. The number of carbonyl (C=O) groups excluding carboxylic acids is 2. The van der Waals surface area contributed by atoms with Gasteiger partial charge in [0.05, 0.1) is 12.8 Å². The fourth-order valence-corrected chi connectivity index (χ4v) is 2.30. The van der Waals surface area contributed by atoms with Crippen molar-refractivity contribution in [2.75, 3.05) is 11.9 Å². The molecule has 2 aromatic carbocycles. The van der Waals surface area contributed by atoms with E-state index in [1.807, 2.05) is 43.3 Å². The van der Waals surface area contributed by atoms with Crippen molar-refractivity contribution in [1.29, 1.82) is 0 Å². The quantitative estimate of drug-likeness (QED) is 0.507. The van der Waals surface area contributed by atoms with Crippen molar-refractivity contribution in [3.05, 3.63) is 58.6 Å². The van der Waals surface area contributed by atoms with E-state index in [1.165, 1.54) is 6.21 Å². The maximum atomic E-state index is 11.8. The Morgan fingerprint density at radius 3 is 2.35 bits per heavy atom. The summed E-state index contributed by atoms with van der Waals surface area (Å²) in [5.41, 5.74) is 3.93. The summed E-state index contributed by atoms with van der Waals surface area (Å²) < 4.78 is 6.28. The fraction of sp³-hybridized carbons (Fsp3) is 0.211. The Hall–Kier alpha value is -2.67. The Balaban J connectivity index is 1.70. The summed E-state index contributed by atoms with van der Waals surface area (Å²) in [5, 5.41) is 6.62. The Morgan fingerprint density at radius 2 is 1.69 bits per heavy atom. The predicted octanol–water partition coefficient (Wildman–Crippen LogP) is 3.72. The monoisotopic (exact) mass is 417 g/mol. The van der Waals surface area contributed by atoms with Crippen molar-refractivity contribution < 1.29 is 14.3 Å². The van der Waals surface area contributed by atoms with Gasteiger partial charge in [0.2, 0.25) is 11.8 Å². The van der Waals surface area contributed by atoms with E-state index < -0.39 is 0 Å². The molecule has 0 saturated carbocycles. The highest BCUT2D eigenvalue weighted by molar-refractivity contribution is 9.10. The molecule has 0 unspecified atom stereocenters. The first-order valence-electron chi connectivity index (χ1n) is 8.17. The number of carbonyl (C=O) groups is 2. The standard InChI is InChI=1S/C19H20BrN3O3/c1-2-26-17-9-3-14(4-10-17)13-21-23-19(25)12-11-18(24)22-16-7-5-15(20)6-8-16/h3-10,13H,2,11-12H2,1H3,(H,22,24)(H,23,25)/b21-13+. The third-order valence-electron chi connectivity index (χ3n) is 3.30. The number of halogens is 1. The van der Waals surface area contributed by atoms with Crippen LogP contribution in [0.4, 0.5) is 5.69 Å². The van der Waals surface area contributed by atoms with Crippen LogP contribution in [-0.4, -0.2) is 24.6 Å². The molecular weight excluding hydrogens is 398 g/mol. The van der Waals surface area contributed by atoms with Gasteiger partial charge in [0, 0.05) is 23.0 Å². The highest BCUT2D eigenvalue weighted by Crippen LogP contribution is 2.14. The Kier molecular flexibility index (Phi) is 7.82. The topological polar surface area (TPSA) is 79.8 Å². The van der Waals surface area contributed by atoms with Crippen molar-refractivity contribution in [2.45, 2.75) is 19.8 Å². The van der Waals surface area contributed by atoms with Gasteiger partial charge in [-0.05, 0) is 61.0 Å². The van der Waals surface area contributed by atoms with Crippen LogP contribution in [0.1, 0.15) is 25.3 Å². The molecule has 0 aromatic heterocycles. The molecule has 2 amide bonds. The van der Waals surface area contributed by atoms with Crippen LogP contribution in [0, 0.1) is 0 Å². The molecule has 2 rings (SSSR count). The maximum Gasteiger partial charge on any atom is 0.240 e. The summed E-state index contributed by atoms with van der Waals surface area (Å²) in [5.74, 6) is 0.238. The first kappa shape index (κ1) is 19.7. The van der Waals surface area contributed by atoms with E-state index in [0.29, 0.717) is 12.3 Å². The van der Waals surface area contributed by atoms with Crippen LogP contribution < -0.4 is 15.5 Å². The zero-order chi connectivity index (χ0) is 18.8. The minimum Gasteiger partial charge on any atom is -0.494 e. The minimum absolute atomic E-state index is 0.0585. The summed E-state index contributed by atoms with van der Waals surface area (Å²) >= 11 is 3.33. The Bertz CT molecular complexity index is 759. The highest BCUT2D eigenvalue weighted by Gasteiger charge is 2.06. The van der Waals surface area contributed by atoms with Gasteiger partial charge in [-0.3, -0.25) is 9.59 Å². The zero-order valence-corrected chi connectivity index (χ0v) is 16.0. The summed E-state index contributed by atoms with van der Waals surface area (Å²) in [4.78, 5) is 23.6. The molecule has 7 heteroatoms. The van der Waals surface area contributed by atoms with Crippen LogP contribution in [-0.2, 0) is 9.59 Å². The third kappa shape index (κ3) is 7.06. The van der Waals surface area contributed by atoms with Crippen LogP contribution in [0.3, 0.4) is 0 Å². The lowest BCUT2D eigenvalue weighted by atomic mass is 10.2. The van der Waals surface area contributed by atoms with Crippen LogP contribution in [0.2, 0.25) is 0 Å². The van der Waals surface area contributed by atoms with Gasteiger partial charge in [-0.1, -0.05) is 15.9 Å². The van der Waals surface area contributed by atoms with Gasteiger partial charge in [0.15, 0.2) is 0 Å². The van der Waals surface area contributed by atoms with Gasteiger partial charge in [-0.2, -0.15) is 5.10 Å². The molecule has 2 N–H and O–H groups in total. The van der Waals surface area contributed by atoms with Gasteiger partial charge in [0.25, 0.3) is 0 Å². The Labute approximate surface area is 160 Å². The molecule has 0 saturated heterocycles. The molecule has 6 nitrogen and oxygen atoms in total. The number of nitrogens with one attached hydrogen (secondary N) is 2. The van der Waals surface area contributed by atoms with Crippen LogP contribution in [0.25, 0.3) is 0 Å². The van der Waals surface area contributed by atoms with Crippen LogP contribution >= 0.6 is 15.9 Å². The number of ether oxygens (including phenoxy) is 1. The van der Waals surface area contributed by atoms with Crippen molar-refractivity contribution in [1.82, 2.24) is 5.43 Å². The molecule has 2 aromatic rings. The lowest BCUT2D eigenvalue weighted by molar-refractivity contribution is -0.124. The number of nitrogens with zero attached hydrogens (tertiary/aromatic N) is 1. The molecule has 0 fully saturated rings. The average Bonchev–Trinajstić information content (AvgIpc) is 2.64. The number of anilines is 1. The summed E-state index contributed by atoms with van der Waals surface area (Å²) in [6.45, 7) is 2.53. The number of hydrogen-bond donors (Lipinski definition) is 2. The first-order valence-corrected chi connectivity index (χ1v) is 8.96. The van der Waals surface area contributed by atoms with E-state index in [-0.39, 0.29) is 24.7 Å². The molecule has 0 bridgehead atoms. The smallest absolute Gasteiger partial charge is 0.240 e. The molecule has 0 aliphatic heterocycles. The van der Waals surface area contributed by atoms with E-state index in [1.54, 1.807) is 12.1 Å². The van der Waals surface area contributed by atoms with E-state index >= 15 is 0 Å². The normalized spacial score (nSPS) is 10.5. The number of benzene rings is 2. The van der Waals surface area contributed by atoms with Crippen LogP contribution in [0.5, 0.6) is 5.75 Å². The third-order valence-corrected chi connectivity index (χ3v) is 3.83. The van der Waals surface area contributed by atoms with Crippen molar-refractivity contribution >= 4 is 39.6 Å². The largest absolute Gasteiger partial charge is 0.494 e. The maximum absolute atomic E-state index is 11.8. The second kappa shape index (κ2) is 10.4. The molecule has 0 aliphatic carbocycles. The second-order valence-electron chi connectivity index (χ2n) is 5.35. The van der Waals surface area contributed by atoms with Crippen molar-refractivity contribution in [2.24, 2.45) is 5.10 Å². The SMILES string of the molecule is CCOc1ccc(/C=N/NC(=O)CCC(=O)Nc2ccc(Br)cc2)cc1. The first-order chi connectivity index (χ1) is 12.6. The Morgan fingerprint density at radius 1 is 1.04 bits per heavy atom. The van der Waals surface area contributed by atoms with Crippen molar-refractivity contribution in [3.63, 3.8) is 0 Å². The average molecular weight is 418 g/mol. The second-order valence-corrected chi connectivity index (χ2v) is 6.27. The number of rotatable bonds is 8. The number of hydrogen-bond acceptors (Lipinski definition) is 4. The van der Waals surface area contributed by atoms with E-state index in [4.69, 9.17) is 4.74 Å². The van der Waals surface area contributed by atoms with Crippen LogP contribution in [0.15, 0.2) is 58.1 Å². The molecule has 0 heterocycles. The lowest BCUT2D eigenvalue weighted by Gasteiger charge is -2.05. The van der Waals surface area contributed by atoms with Gasteiger partial charge in [0.1, 0.15) is 5.75 Å². The molecule has 26 heavy (non-hydrogen) atoms. The lowest BCUT2D eigenvalue weighted by Crippen LogP contribution is -2.20. The van der Waals surface area contributed by atoms with Gasteiger partial charge >= 0.3 is 0 Å². The van der Waals surface area contributed by atoms with Gasteiger partial charge in [-0.15, -0.1) is 0 Å². The fourth-order valence-electron chi connectivity index (χ4n) is 2.04. The molecule has 136 valence electrons. The number of amides is 2. The van der Waals surface area contributed by atoms with E-state index in [2.05, 4.69) is 31.8 Å². The van der Waals surface area contributed by atoms with E-state index in [9.17, 15) is 9.59 Å². The summed E-state index contributed by atoms with van der Waals surface area (Å²) in [6.07, 6.45) is 1.68. The predicted molar refractivity (Wildman–Crippen MR) is 105 cm³/mol. The van der Waals surface area contributed by atoms with Crippen molar-refractivity contribution in [3.8, 4) is 5.75 Å². The van der Waals surface area contributed by atoms with Gasteiger partial charge in [-0.25, -0.2) is 5.43 Å². The summed E-state index contributed by atoms with van der Waals surface area (Å²) in [6, 6.07) is 14.6.